The van der Waals surface area contributed by atoms with Gasteiger partial charge in [0.25, 0.3) is 0 Å². The Morgan fingerprint density at radius 2 is 2.15 bits per heavy atom. The van der Waals surface area contributed by atoms with Gasteiger partial charge in [-0.05, 0) is 24.6 Å². The Balaban J connectivity index is 2.43. The smallest absolute Gasteiger partial charge is 0.341 e. The second-order valence-electron chi connectivity index (χ2n) is 4.44. The number of benzene rings is 1. The lowest BCUT2D eigenvalue weighted by molar-refractivity contribution is 0.0694. The van der Waals surface area contributed by atoms with Crippen molar-refractivity contribution in [2.45, 2.75) is 13.5 Å². The first-order valence-corrected chi connectivity index (χ1v) is 5.94. The number of nitrogens with zero attached hydrogens (tertiary/aromatic N) is 2. The van der Waals surface area contributed by atoms with E-state index in [0.717, 1.165) is 5.56 Å². The normalized spacial score (nSPS) is 10.0. The van der Waals surface area contributed by atoms with Gasteiger partial charge in [-0.3, -0.25) is 4.79 Å². The van der Waals surface area contributed by atoms with Gasteiger partial charge in [0.15, 0.2) is 5.43 Å². The first-order valence-electron chi connectivity index (χ1n) is 5.94. The zero-order valence-electron chi connectivity index (χ0n) is 10.8. The highest BCUT2D eigenvalue weighted by Crippen LogP contribution is 2.09. The number of hydrogen-bond donors (Lipinski definition) is 1. The predicted octanol–water partition coefficient (Wildman–Crippen LogP) is 1.77. The van der Waals surface area contributed by atoms with Crippen molar-refractivity contribution in [3.05, 3.63) is 69.1 Å². The van der Waals surface area contributed by atoms with E-state index in [0.29, 0.717) is 17.8 Å². The highest BCUT2D eigenvalue weighted by molar-refractivity contribution is 5.87. The second-order valence-corrected chi connectivity index (χ2v) is 4.44. The highest BCUT2D eigenvalue weighted by Gasteiger charge is 2.10. The standard InChI is InChI=1S/C15H12N2O3/c1-10-5-14(18)13(15(19)20)9-17(10)8-12-4-2-3-11(6-12)7-16/h2-6,9H,8H2,1H3,(H,19,20). The minimum Gasteiger partial charge on any atom is -0.477 e. The van der Waals surface area contributed by atoms with Gasteiger partial charge in [-0.25, -0.2) is 4.79 Å². The zero-order valence-corrected chi connectivity index (χ0v) is 10.8. The van der Waals surface area contributed by atoms with Gasteiger partial charge in [0.05, 0.1) is 11.6 Å². The first kappa shape index (κ1) is 13.6. The monoisotopic (exact) mass is 268 g/mol. The van der Waals surface area contributed by atoms with Gasteiger partial charge in [0, 0.05) is 24.5 Å². The largest absolute Gasteiger partial charge is 0.477 e. The van der Waals surface area contributed by atoms with Crippen LogP contribution in [0.15, 0.2) is 41.3 Å². The van der Waals surface area contributed by atoms with Gasteiger partial charge in [-0.2, -0.15) is 5.26 Å². The van der Waals surface area contributed by atoms with E-state index in [4.69, 9.17) is 10.4 Å². The summed E-state index contributed by atoms with van der Waals surface area (Å²) in [5, 5.41) is 17.8. The van der Waals surface area contributed by atoms with Crippen LogP contribution < -0.4 is 5.43 Å². The minimum absolute atomic E-state index is 0.257. The van der Waals surface area contributed by atoms with Gasteiger partial charge in [-0.1, -0.05) is 12.1 Å². The van der Waals surface area contributed by atoms with Crippen LogP contribution in [0.5, 0.6) is 0 Å². The van der Waals surface area contributed by atoms with Crippen molar-refractivity contribution in [3.63, 3.8) is 0 Å². The molecule has 20 heavy (non-hydrogen) atoms. The van der Waals surface area contributed by atoms with Crippen molar-refractivity contribution in [1.29, 1.82) is 5.26 Å². The SMILES string of the molecule is Cc1cc(=O)c(C(=O)O)cn1Cc1cccc(C#N)c1. The second kappa shape index (κ2) is 5.41. The van der Waals surface area contributed by atoms with Crippen LogP contribution in [0, 0.1) is 18.3 Å². The van der Waals surface area contributed by atoms with Crippen LogP contribution in [0.25, 0.3) is 0 Å². The van der Waals surface area contributed by atoms with E-state index in [1.807, 2.05) is 6.07 Å². The molecule has 0 spiro atoms. The third-order valence-electron chi connectivity index (χ3n) is 2.98. The van der Waals surface area contributed by atoms with Crippen LogP contribution in [0.3, 0.4) is 0 Å². The lowest BCUT2D eigenvalue weighted by Crippen LogP contribution is -2.19. The number of aromatic nitrogens is 1. The number of carbonyl (C=O) groups is 1. The molecule has 0 radical (unpaired) electrons. The first-order chi connectivity index (χ1) is 9.51. The molecule has 1 N–H and O–H groups in total. The maximum absolute atomic E-state index is 11.5. The third kappa shape index (κ3) is 2.75. The van der Waals surface area contributed by atoms with Crippen LogP contribution >= 0.6 is 0 Å². The Labute approximate surface area is 115 Å². The maximum atomic E-state index is 11.5. The van der Waals surface area contributed by atoms with Crippen molar-refractivity contribution in [3.8, 4) is 6.07 Å². The Bertz CT molecular complexity index is 769. The van der Waals surface area contributed by atoms with Gasteiger partial charge < -0.3 is 9.67 Å². The van der Waals surface area contributed by atoms with Crippen molar-refractivity contribution in [2.75, 3.05) is 0 Å². The van der Waals surface area contributed by atoms with Crippen molar-refractivity contribution < 1.29 is 9.90 Å². The number of hydrogen-bond acceptors (Lipinski definition) is 3. The van der Waals surface area contributed by atoms with E-state index < -0.39 is 11.4 Å². The topological polar surface area (TPSA) is 83.1 Å². The average Bonchev–Trinajstić information content (AvgIpc) is 2.41. The van der Waals surface area contributed by atoms with Crippen molar-refractivity contribution in [1.82, 2.24) is 4.57 Å². The zero-order chi connectivity index (χ0) is 14.7. The lowest BCUT2D eigenvalue weighted by Gasteiger charge is -2.11. The number of carboxylic acids is 1. The summed E-state index contributed by atoms with van der Waals surface area (Å²) in [5.74, 6) is -1.24. The van der Waals surface area contributed by atoms with E-state index in [2.05, 4.69) is 6.07 Å². The molecule has 5 heteroatoms. The summed E-state index contributed by atoms with van der Waals surface area (Å²) in [6.45, 7) is 2.14. The van der Waals surface area contributed by atoms with Crippen molar-refractivity contribution in [2.24, 2.45) is 0 Å². The summed E-state index contributed by atoms with van der Waals surface area (Å²) in [6, 6.07) is 10.4. The van der Waals surface area contributed by atoms with Crippen LogP contribution in [-0.2, 0) is 6.54 Å². The molecule has 0 aliphatic carbocycles. The molecule has 0 saturated heterocycles. The lowest BCUT2D eigenvalue weighted by atomic mass is 10.1. The molecule has 1 heterocycles. The fourth-order valence-corrected chi connectivity index (χ4v) is 1.94. The quantitative estimate of drug-likeness (QED) is 0.919. The van der Waals surface area contributed by atoms with Gasteiger partial charge in [-0.15, -0.1) is 0 Å². The van der Waals surface area contributed by atoms with E-state index >= 15 is 0 Å². The Morgan fingerprint density at radius 3 is 2.80 bits per heavy atom. The van der Waals surface area contributed by atoms with Crippen molar-refractivity contribution >= 4 is 5.97 Å². The highest BCUT2D eigenvalue weighted by atomic mass is 16.4. The minimum atomic E-state index is -1.24. The number of aromatic carboxylic acids is 1. The fourth-order valence-electron chi connectivity index (χ4n) is 1.94. The molecule has 0 atom stereocenters. The molecule has 0 bridgehead atoms. The van der Waals surface area contributed by atoms with E-state index in [1.165, 1.54) is 12.3 Å². The molecule has 1 aromatic heterocycles. The summed E-state index contributed by atoms with van der Waals surface area (Å²) in [7, 11) is 0. The molecule has 0 saturated carbocycles. The molecule has 1 aromatic carbocycles. The molecule has 0 unspecified atom stereocenters. The Morgan fingerprint density at radius 1 is 1.40 bits per heavy atom. The number of rotatable bonds is 3. The number of carboxylic acid groups (broad SMARTS) is 1. The van der Waals surface area contributed by atoms with Gasteiger partial charge >= 0.3 is 5.97 Å². The number of pyridine rings is 1. The Kier molecular flexibility index (Phi) is 3.67. The number of nitriles is 1. The van der Waals surface area contributed by atoms with Crippen LogP contribution in [0.4, 0.5) is 0 Å². The van der Waals surface area contributed by atoms with Crippen LogP contribution in [0.1, 0.15) is 27.2 Å². The summed E-state index contributed by atoms with van der Waals surface area (Å²) < 4.78 is 1.68. The molecule has 2 rings (SSSR count). The molecule has 2 aromatic rings. The molecular formula is C15H12N2O3. The van der Waals surface area contributed by atoms with Crippen LogP contribution in [0.2, 0.25) is 0 Å². The summed E-state index contributed by atoms with van der Waals surface area (Å²) >= 11 is 0. The molecule has 0 amide bonds. The third-order valence-corrected chi connectivity index (χ3v) is 2.98. The molecule has 0 aliphatic rings. The molecule has 5 nitrogen and oxygen atoms in total. The van der Waals surface area contributed by atoms with E-state index in [1.54, 1.807) is 29.7 Å². The van der Waals surface area contributed by atoms with Crippen LogP contribution in [-0.4, -0.2) is 15.6 Å². The van der Waals surface area contributed by atoms with Gasteiger partial charge in [0.2, 0.25) is 0 Å². The maximum Gasteiger partial charge on any atom is 0.341 e. The van der Waals surface area contributed by atoms with E-state index in [-0.39, 0.29) is 5.56 Å². The average molecular weight is 268 g/mol. The Hall–Kier alpha value is -2.87. The summed E-state index contributed by atoms with van der Waals surface area (Å²) in [5.41, 5.74) is 1.32. The summed E-state index contributed by atoms with van der Waals surface area (Å²) in [4.78, 5) is 22.5. The number of aryl methyl sites for hydroxylation is 1. The van der Waals surface area contributed by atoms with Gasteiger partial charge in [0.1, 0.15) is 5.56 Å². The molecule has 0 fully saturated rings. The van der Waals surface area contributed by atoms with E-state index in [9.17, 15) is 9.59 Å². The molecular weight excluding hydrogens is 256 g/mol. The fraction of sp³-hybridized carbons (Fsp3) is 0.133. The molecule has 100 valence electrons. The predicted molar refractivity (Wildman–Crippen MR) is 72.7 cm³/mol. The summed E-state index contributed by atoms with van der Waals surface area (Å²) in [6.07, 6.45) is 1.33. The molecule has 0 aliphatic heterocycles.